The fraction of sp³-hybridized carbons (Fsp3) is 0.526. The molecule has 13 nitrogen and oxygen atoms in total. The van der Waals surface area contributed by atoms with Crippen LogP contribution < -0.4 is 10.7 Å². The number of alkyl halides is 3. The Kier molecular flexibility index (Phi) is 15.0. The average Bonchev–Trinajstić information content (AvgIpc) is 3.09. The lowest BCUT2D eigenvalue weighted by Crippen LogP contribution is -2.59. The number of nitrogens with zero attached hydrogens (tertiary/aromatic N) is 3. The molecule has 0 radical (unpaired) electrons. The summed E-state index contributed by atoms with van der Waals surface area (Å²) in [6.45, 7) is 15.1. The van der Waals surface area contributed by atoms with Crippen molar-refractivity contribution in [1.82, 2.24) is 25.6 Å². The van der Waals surface area contributed by atoms with Crippen molar-refractivity contribution in [2.75, 3.05) is 20.2 Å². The van der Waals surface area contributed by atoms with Gasteiger partial charge in [0.05, 0.1) is 22.7 Å². The Morgan fingerprint density at radius 1 is 1.06 bits per heavy atom. The lowest BCUT2D eigenvalue weighted by Gasteiger charge is -2.34. The third-order valence-corrected chi connectivity index (χ3v) is 8.66. The van der Waals surface area contributed by atoms with E-state index in [2.05, 4.69) is 10.7 Å². The van der Waals surface area contributed by atoms with Gasteiger partial charge in [0.2, 0.25) is 3.79 Å². The van der Waals surface area contributed by atoms with E-state index in [-0.39, 0.29) is 18.3 Å². The molecule has 0 saturated carbocycles. The van der Waals surface area contributed by atoms with Crippen molar-refractivity contribution in [1.29, 1.82) is 0 Å². The molecule has 0 bridgehead atoms. The fourth-order valence-electron chi connectivity index (χ4n) is 5.08. The molecule has 3 rings (SSSR count). The lowest BCUT2D eigenvalue weighted by molar-refractivity contribution is -0.152. The number of carbonyl (C=O) groups is 5. The summed E-state index contributed by atoms with van der Waals surface area (Å²) < 4.78 is 14.4. The van der Waals surface area contributed by atoms with Gasteiger partial charge in [-0.05, 0) is 98.4 Å². The lowest BCUT2D eigenvalue weighted by atomic mass is 9.92. The van der Waals surface area contributed by atoms with E-state index in [4.69, 9.17) is 54.0 Å². The maximum Gasteiger partial charge on any atom is 0.410 e. The minimum atomic E-state index is -1.78. The highest BCUT2D eigenvalue weighted by atomic mass is 35.6. The number of rotatable bonds is 11. The van der Waals surface area contributed by atoms with Crippen LogP contribution in [0.15, 0.2) is 47.7 Å². The van der Waals surface area contributed by atoms with E-state index in [1.165, 1.54) is 16.8 Å². The van der Waals surface area contributed by atoms with Crippen molar-refractivity contribution in [2.24, 2.45) is 5.41 Å². The molecule has 16 heteroatoms. The minimum Gasteiger partial charge on any atom is -0.460 e. The quantitative estimate of drug-likeness (QED) is 0.0801. The molecule has 1 saturated heterocycles. The first-order valence-corrected chi connectivity index (χ1v) is 18.6. The molecule has 296 valence electrons. The first-order valence-electron chi connectivity index (χ1n) is 17.5. The number of benzene rings is 1. The monoisotopic (exact) mass is 809 g/mol. The SMILES string of the molecule is CC(C)=C(OC(=O)C(C)(C)/C=C/c1ccc2ccc([C@@H](C)N(C)C(=O)OC(C)(C)C)nc2c1)C(=O)N[C@@H](C)C(=O)N1CCC[C@@H](C(=O)OCC(Cl)(Cl)Cl)N1. The number of hydrogen-bond acceptors (Lipinski definition) is 10. The molecular weight excluding hydrogens is 761 g/mol. The van der Waals surface area contributed by atoms with Crippen LogP contribution in [0.4, 0.5) is 4.79 Å². The smallest absolute Gasteiger partial charge is 0.410 e. The van der Waals surface area contributed by atoms with Crippen LogP contribution in [0.1, 0.15) is 92.5 Å². The third-order valence-electron chi connectivity index (χ3n) is 8.33. The van der Waals surface area contributed by atoms with Crippen LogP contribution in [0.3, 0.4) is 0 Å². The van der Waals surface area contributed by atoms with Crippen LogP contribution in [0.5, 0.6) is 0 Å². The van der Waals surface area contributed by atoms with Gasteiger partial charge in [0.1, 0.15) is 24.3 Å². The molecule has 1 aromatic carbocycles. The summed E-state index contributed by atoms with van der Waals surface area (Å²) in [6, 6.07) is 7.20. The Labute approximate surface area is 331 Å². The zero-order valence-corrected chi connectivity index (χ0v) is 34.6. The topological polar surface area (TPSA) is 156 Å². The maximum atomic E-state index is 13.4. The molecule has 1 aromatic heterocycles. The van der Waals surface area contributed by atoms with Gasteiger partial charge in [-0.3, -0.25) is 29.2 Å². The molecule has 2 aromatic rings. The van der Waals surface area contributed by atoms with Crippen LogP contribution in [0.25, 0.3) is 17.0 Å². The van der Waals surface area contributed by atoms with Crippen molar-refractivity contribution >= 4 is 81.6 Å². The zero-order chi connectivity index (χ0) is 40.8. The number of hydrazine groups is 1. The Bertz CT molecular complexity index is 1800. The van der Waals surface area contributed by atoms with Crippen LogP contribution >= 0.6 is 34.8 Å². The number of carbonyl (C=O) groups excluding carboxylic acids is 5. The predicted molar refractivity (Wildman–Crippen MR) is 208 cm³/mol. The van der Waals surface area contributed by atoms with Gasteiger partial charge in [0.25, 0.3) is 11.8 Å². The highest BCUT2D eigenvalue weighted by Crippen LogP contribution is 2.28. The molecule has 0 unspecified atom stereocenters. The van der Waals surface area contributed by atoms with Crippen LogP contribution in [-0.2, 0) is 33.4 Å². The van der Waals surface area contributed by atoms with E-state index in [9.17, 15) is 24.0 Å². The number of hydrogen-bond donors (Lipinski definition) is 2. The number of allylic oxidation sites excluding steroid dienone is 1. The molecule has 0 aliphatic carbocycles. The molecule has 2 N–H and O–H groups in total. The number of nitrogens with one attached hydrogen (secondary N) is 2. The van der Waals surface area contributed by atoms with E-state index in [1.54, 1.807) is 46.9 Å². The van der Waals surface area contributed by atoms with Gasteiger partial charge in [0, 0.05) is 19.0 Å². The number of fused-ring (bicyclic) bond motifs is 1. The largest absolute Gasteiger partial charge is 0.460 e. The number of amides is 3. The molecule has 3 amide bonds. The van der Waals surface area contributed by atoms with E-state index in [0.717, 1.165) is 10.9 Å². The first-order chi connectivity index (χ1) is 24.9. The highest BCUT2D eigenvalue weighted by molar-refractivity contribution is 6.67. The van der Waals surface area contributed by atoms with E-state index >= 15 is 0 Å². The standard InChI is InChI=1S/C38H50Cl3N5O8/c1-22(2)30(31(47)42-23(3)32(48)46-19-11-12-28(44-46)33(49)52-21-38(39,40)41)53-34(50)37(8,9)18-17-25-13-14-26-15-16-27(43-29(26)20-25)24(4)45(10)35(51)54-36(5,6)7/h13-18,20,23-24,28,44H,11-12,19,21H2,1-10H3,(H,42,47)/b18-17+/t23-,24+,28-/m0/s1. The Hall–Kier alpha value is -3.91. The third kappa shape index (κ3) is 12.9. The molecule has 54 heavy (non-hydrogen) atoms. The van der Waals surface area contributed by atoms with Crippen molar-refractivity contribution < 1.29 is 38.2 Å². The summed E-state index contributed by atoms with van der Waals surface area (Å²) >= 11 is 17.0. The zero-order valence-electron chi connectivity index (χ0n) is 32.3. The van der Waals surface area contributed by atoms with Gasteiger partial charge < -0.3 is 24.4 Å². The Balaban J connectivity index is 1.66. The molecule has 1 aliphatic heterocycles. The minimum absolute atomic E-state index is 0.242. The molecular formula is C38H50Cl3N5O8. The average molecular weight is 811 g/mol. The molecule has 1 aliphatic rings. The second-order valence-corrected chi connectivity index (χ2v) is 17.5. The van der Waals surface area contributed by atoms with Gasteiger partial charge in [-0.15, -0.1) is 0 Å². The Morgan fingerprint density at radius 2 is 1.70 bits per heavy atom. The van der Waals surface area contributed by atoms with Crippen LogP contribution in [0.2, 0.25) is 0 Å². The van der Waals surface area contributed by atoms with Gasteiger partial charge >= 0.3 is 18.0 Å². The summed E-state index contributed by atoms with van der Waals surface area (Å²) in [5.74, 6) is -2.91. The van der Waals surface area contributed by atoms with Crippen LogP contribution in [0, 0.1) is 5.41 Å². The summed E-state index contributed by atoms with van der Waals surface area (Å²) in [5, 5.41) is 4.71. The highest BCUT2D eigenvalue weighted by Gasteiger charge is 2.35. The van der Waals surface area contributed by atoms with Crippen molar-refractivity contribution in [3.05, 3.63) is 59.0 Å². The van der Waals surface area contributed by atoms with E-state index in [1.807, 2.05) is 58.0 Å². The van der Waals surface area contributed by atoms with E-state index in [0.29, 0.717) is 29.6 Å². The number of pyridine rings is 1. The summed E-state index contributed by atoms with van der Waals surface area (Å²) in [6.07, 6.45) is 3.85. The number of halogens is 3. The second kappa shape index (κ2) is 18.1. The van der Waals surface area contributed by atoms with Gasteiger partial charge in [-0.2, -0.15) is 0 Å². The van der Waals surface area contributed by atoms with Gasteiger partial charge in [-0.1, -0.05) is 65.2 Å². The van der Waals surface area contributed by atoms with Crippen molar-refractivity contribution in [2.45, 2.75) is 103 Å². The predicted octanol–water partition coefficient (Wildman–Crippen LogP) is 6.95. The van der Waals surface area contributed by atoms with Crippen LogP contribution in [-0.4, -0.2) is 86.4 Å². The summed E-state index contributed by atoms with van der Waals surface area (Å²) in [4.78, 5) is 71.3. The Morgan fingerprint density at radius 3 is 2.31 bits per heavy atom. The van der Waals surface area contributed by atoms with E-state index < -0.39 is 63.3 Å². The second-order valence-electron chi connectivity index (χ2n) is 15.0. The van der Waals surface area contributed by atoms with Gasteiger partial charge in [0.15, 0.2) is 5.76 Å². The number of esters is 2. The number of ether oxygens (including phenoxy) is 3. The first kappa shape index (κ1) is 44.5. The fourth-order valence-corrected chi connectivity index (χ4v) is 5.24. The molecule has 1 fully saturated rings. The maximum absolute atomic E-state index is 13.4. The van der Waals surface area contributed by atoms with Gasteiger partial charge in [-0.25, -0.2) is 10.2 Å². The molecule has 0 spiro atoms. The van der Waals surface area contributed by atoms with Crippen molar-refractivity contribution in [3.63, 3.8) is 0 Å². The van der Waals surface area contributed by atoms with Crippen molar-refractivity contribution in [3.8, 4) is 0 Å². The normalized spacial score (nSPS) is 16.3. The summed E-state index contributed by atoms with van der Waals surface area (Å²) in [7, 11) is 1.66. The summed E-state index contributed by atoms with van der Waals surface area (Å²) in [5.41, 5.74) is 3.56. The molecule has 3 atom stereocenters. The number of aromatic nitrogens is 1. The molecule has 2 heterocycles.